The van der Waals surface area contributed by atoms with E-state index in [9.17, 15) is 0 Å². The number of unbranched alkanes of at least 4 members (excludes halogenated alkanes) is 1. The van der Waals surface area contributed by atoms with Crippen LogP contribution in [-0.2, 0) is 0 Å². The summed E-state index contributed by atoms with van der Waals surface area (Å²) < 4.78 is 0. The van der Waals surface area contributed by atoms with Crippen LogP contribution in [0.1, 0.15) is 71.6 Å². The molecule has 0 bridgehead atoms. The van der Waals surface area contributed by atoms with E-state index < -0.39 is 0 Å². The third-order valence-electron chi connectivity index (χ3n) is 4.60. The van der Waals surface area contributed by atoms with Crippen LogP contribution in [0.5, 0.6) is 0 Å². The number of rotatable bonds is 8. The summed E-state index contributed by atoms with van der Waals surface area (Å²) in [5, 5.41) is 3.82. The van der Waals surface area contributed by atoms with Gasteiger partial charge in [-0.15, -0.1) is 0 Å². The van der Waals surface area contributed by atoms with Gasteiger partial charge in [-0.1, -0.05) is 33.1 Å². The first-order chi connectivity index (χ1) is 8.86. The fourth-order valence-electron chi connectivity index (χ4n) is 3.44. The highest BCUT2D eigenvalue weighted by Crippen LogP contribution is 2.34. The van der Waals surface area contributed by atoms with Crippen molar-refractivity contribution in [3.05, 3.63) is 0 Å². The molecule has 0 aromatic heterocycles. The van der Waals surface area contributed by atoms with Crippen LogP contribution in [0.25, 0.3) is 0 Å². The Hall–Kier alpha value is -0.0800. The van der Waals surface area contributed by atoms with Gasteiger partial charge in [-0.3, -0.25) is 4.90 Å². The van der Waals surface area contributed by atoms with Gasteiger partial charge in [0, 0.05) is 18.1 Å². The first-order valence-electron chi connectivity index (χ1n) is 8.36. The van der Waals surface area contributed by atoms with E-state index in [0.29, 0.717) is 0 Å². The smallest absolute Gasteiger partial charge is 0.0252 e. The van der Waals surface area contributed by atoms with Crippen molar-refractivity contribution >= 4 is 0 Å². The molecule has 0 aromatic carbocycles. The Morgan fingerprint density at radius 2 is 1.78 bits per heavy atom. The molecule has 1 N–H and O–H groups in total. The first kappa shape index (κ1) is 14.3. The van der Waals surface area contributed by atoms with Crippen LogP contribution in [0.4, 0.5) is 0 Å². The van der Waals surface area contributed by atoms with Crippen molar-refractivity contribution in [2.45, 2.75) is 89.8 Å². The molecule has 2 fully saturated rings. The van der Waals surface area contributed by atoms with Crippen LogP contribution in [0.2, 0.25) is 0 Å². The van der Waals surface area contributed by atoms with Crippen molar-refractivity contribution in [3.8, 4) is 0 Å². The third kappa shape index (κ3) is 3.96. The lowest BCUT2D eigenvalue weighted by atomic mass is 9.88. The van der Waals surface area contributed by atoms with Gasteiger partial charge < -0.3 is 5.32 Å². The zero-order chi connectivity index (χ0) is 12.8. The fourth-order valence-corrected chi connectivity index (χ4v) is 3.44. The molecule has 2 aliphatic carbocycles. The average molecular weight is 252 g/mol. The molecule has 0 amide bonds. The lowest BCUT2D eigenvalue weighted by molar-refractivity contribution is 0.112. The van der Waals surface area contributed by atoms with E-state index in [1.165, 1.54) is 70.9 Å². The van der Waals surface area contributed by atoms with E-state index in [4.69, 9.17) is 0 Å². The maximum Gasteiger partial charge on any atom is 0.0252 e. The Kier molecular flexibility index (Phi) is 5.97. The van der Waals surface area contributed by atoms with Crippen LogP contribution in [0, 0.1) is 0 Å². The van der Waals surface area contributed by atoms with E-state index in [2.05, 4.69) is 24.1 Å². The van der Waals surface area contributed by atoms with E-state index in [1.54, 1.807) is 0 Å². The topological polar surface area (TPSA) is 15.3 Å². The second-order valence-electron chi connectivity index (χ2n) is 6.23. The molecule has 0 aromatic rings. The molecule has 2 rings (SSSR count). The molecule has 2 aliphatic rings. The van der Waals surface area contributed by atoms with Gasteiger partial charge in [-0.2, -0.15) is 0 Å². The van der Waals surface area contributed by atoms with Crippen molar-refractivity contribution in [1.82, 2.24) is 10.2 Å². The van der Waals surface area contributed by atoms with Crippen molar-refractivity contribution < 1.29 is 0 Å². The summed E-state index contributed by atoms with van der Waals surface area (Å²) in [5.74, 6) is 0. The number of nitrogens with one attached hydrogen (secondary N) is 1. The van der Waals surface area contributed by atoms with Crippen molar-refractivity contribution in [2.24, 2.45) is 0 Å². The van der Waals surface area contributed by atoms with Gasteiger partial charge in [-0.05, 0) is 51.6 Å². The molecule has 0 heterocycles. The Morgan fingerprint density at radius 1 is 1.00 bits per heavy atom. The number of hydrogen-bond donors (Lipinski definition) is 1. The van der Waals surface area contributed by atoms with Crippen LogP contribution in [0.3, 0.4) is 0 Å². The summed E-state index contributed by atoms with van der Waals surface area (Å²) in [7, 11) is 0. The number of nitrogens with zero attached hydrogens (tertiary/aromatic N) is 1. The molecular formula is C16H32N2. The normalized spacial score (nSPS) is 28.8. The van der Waals surface area contributed by atoms with Gasteiger partial charge in [-0.25, -0.2) is 0 Å². The lowest BCUT2D eigenvalue weighted by Crippen LogP contribution is -2.53. The average Bonchev–Trinajstić information content (AvgIpc) is 3.22. The monoisotopic (exact) mass is 252 g/mol. The maximum atomic E-state index is 3.82. The fraction of sp³-hybridized carbons (Fsp3) is 1.00. The lowest BCUT2D eigenvalue weighted by Gasteiger charge is -2.41. The predicted octanol–water partition coefficient (Wildman–Crippen LogP) is 3.56. The molecule has 18 heavy (non-hydrogen) atoms. The number of hydrogen-bond acceptors (Lipinski definition) is 2. The molecule has 2 unspecified atom stereocenters. The second kappa shape index (κ2) is 7.49. The SMILES string of the molecule is CCCCN(C1CC1)C1CCCCC1NCCC. The van der Waals surface area contributed by atoms with E-state index in [1.807, 2.05) is 0 Å². The Labute approximate surface area is 114 Å². The summed E-state index contributed by atoms with van der Waals surface area (Å²) in [6.45, 7) is 7.14. The highest BCUT2D eigenvalue weighted by molar-refractivity contribution is 4.95. The van der Waals surface area contributed by atoms with Crippen molar-refractivity contribution in [3.63, 3.8) is 0 Å². The summed E-state index contributed by atoms with van der Waals surface area (Å²) in [4.78, 5) is 2.87. The van der Waals surface area contributed by atoms with Gasteiger partial charge in [0.15, 0.2) is 0 Å². The van der Waals surface area contributed by atoms with Gasteiger partial charge in [0.2, 0.25) is 0 Å². The molecular weight excluding hydrogens is 220 g/mol. The van der Waals surface area contributed by atoms with Gasteiger partial charge in [0.25, 0.3) is 0 Å². The highest BCUT2D eigenvalue weighted by atomic mass is 15.2. The molecule has 0 radical (unpaired) electrons. The standard InChI is InChI=1S/C16H32N2/c1-3-5-13-18(14-10-11-14)16-9-7-6-8-15(16)17-12-4-2/h14-17H,3-13H2,1-2H3. The molecule has 0 aliphatic heterocycles. The zero-order valence-electron chi connectivity index (χ0n) is 12.5. The van der Waals surface area contributed by atoms with Gasteiger partial charge >= 0.3 is 0 Å². The summed E-state index contributed by atoms with van der Waals surface area (Å²) >= 11 is 0. The van der Waals surface area contributed by atoms with Gasteiger partial charge in [0.05, 0.1) is 0 Å². The molecule has 0 spiro atoms. The molecule has 2 heteroatoms. The van der Waals surface area contributed by atoms with E-state index in [-0.39, 0.29) is 0 Å². The van der Waals surface area contributed by atoms with Crippen LogP contribution >= 0.6 is 0 Å². The summed E-state index contributed by atoms with van der Waals surface area (Å²) in [5.41, 5.74) is 0. The van der Waals surface area contributed by atoms with Gasteiger partial charge in [0.1, 0.15) is 0 Å². The molecule has 106 valence electrons. The van der Waals surface area contributed by atoms with Crippen molar-refractivity contribution in [1.29, 1.82) is 0 Å². The zero-order valence-corrected chi connectivity index (χ0v) is 12.5. The Morgan fingerprint density at radius 3 is 2.44 bits per heavy atom. The molecule has 2 nitrogen and oxygen atoms in total. The van der Waals surface area contributed by atoms with Crippen LogP contribution in [-0.4, -0.2) is 36.1 Å². The quantitative estimate of drug-likeness (QED) is 0.710. The minimum atomic E-state index is 0.774. The molecule has 2 atom stereocenters. The molecule has 0 saturated heterocycles. The minimum Gasteiger partial charge on any atom is -0.312 e. The Bertz CT molecular complexity index is 225. The maximum absolute atomic E-state index is 3.82. The highest BCUT2D eigenvalue weighted by Gasteiger charge is 2.37. The van der Waals surface area contributed by atoms with Crippen LogP contribution in [0.15, 0.2) is 0 Å². The van der Waals surface area contributed by atoms with E-state index in [0.717, 1.165) is 18.1 Å². The summed E-state index contributed by atoms with van der Waals surface area (Å²) in [6.07, 6.45) is 12.6. The van der Waals surface area contributed by atoms with E-state index >= 15 is 0 Å². The summed E-state index contributed by atoms with van der Waals surface area (Å²) in [6, 6.07) is 2.55. The minimum absolute atomic E-state index is 0.774. The van der Waals surface area contributed by atoms with Crippen LogP contribution < -0.4 is 5.32 Å². The third-order valence-corrected chi connectivity index (χ3v) is 4.60. The second-order valence-corrected chi connectivity index (χ2v) is 6.23. The molecule has 2 saturated carbocycles. The predicted molar refractivity (Wildman–Crippen MR) is 79.0 cm³/mol. The first-order valence-corrected chi connectivity index (χ1v) is 8.36. The van der Waals surface area contributed by atoms with Crippen molar-refractivity contribution in [2.75, 3.05) is 13.1 Å². The Balaban J connectivity index is 1.91. The largest absolute Gasteiger partial charge is 0.312 e.